The molecule has 3 amide bonds. The molecule has 8 aromatic carbocycles. The predicted octanol–water partition coefficient (Wildman–Crippen LogP) is 23.2. The number of hydrogen-bond donors (Lipinski definition) is 0. The quantitative estimate of drug-likeness (QED) is 0.0782. The lowest BCUT2D eigenvalue weighted by Crippen LogP contribution is -2.44. The van der Waals surface area contributed by atoms with Gasteiger partial charge in [0.1, 0.15) is 55.9 Å². The fourth-order valence-electron chi connectivity index (χ4n) is 14.0. The fraction of sp³-hybridized carbons (Fsp3) is 0.244. The van der Waals surface area contributed by atoms with E-state index in [0.29, 0.717) is 119 Å². The maximum absolute atomic E-state index is 13.5. The SMILES string of the molecule is COc1ccc(-c2c(C)c(C3=NC(=O)C(C)(C)N3C)nn2-c2ccc(Cl)cc2Cl)cc1.Cc1c(C2=NC(=O)C(C)(C)N2C)nn(-c2ccc(Cl)cc2Cl)c1-c1ccc(C(F)(F)F)cc1.Cc1c(C2=NC(=O)C(C)(C)N2C)nn(-c2ccc(Cl)cc2Cl)c1-c1ccc(F)cc1.Cc1c(C2=NC(=S)C(C)(C)N2C)nn(-c2ccc(Cl)cc2Cl)c1-c1ccc(Cl)cc1. The molecule has 20 nitrogen and oxygen atoms in total. The van der Waals surface area contributed by atoms with Crippen LogP contribution < -0.4 is 4.74 Å². The van der Waals surface area contributed by atoms with E-state index in [2.05, 4.69) is 24.9 Å². The molecule has 16 rings (SSSR count). The van der Waals surface area contributed by atoms with Crippen molar-refractivity contribution < 1.29 is 36.7 Å². The topological polar surface area (TPSA) is 194 Å². The highest BCUT2D eigenvalue weighted by molar-refractivity contribution is 7.80. The molecule has 4 aliphatic rings. The number of likely N-dealkylation sites (N-methyl/N-ethyl adjacent to an activating group) is 4. The van der Waals surface area contributed by atoms with Gasteiger partial charge in [-0.05, 0) is 229 Å². The Bertz CT molecular complexity index is 6260. The summed E-state index contributed by atoms with van der Waals surface area (Å²) < 4.78 is 65.0. The summed E-state index contributed by atoms with van der Waals surface area (Å²) in [6.45, 7) is 22.6. The summed E-state index contributed by atoms with van der Waals surface area (Å²) in [4.78, 5) is 62.9. The molecule has 0 unspecified atom stereocenters. The van der Waals surface area contributed by atoms with Gasteiger partial charge in [-0.25, -0.2) is 28.1 Å². The third kappa shape index (κ3) is 17.3. The monoisotopic (exact) mass is 1870 g/mol. The number of thiocarbonyl (C=S) groups is 1. The van der Waals surface area contributed by atoms with Crippen molar-refractivity contribution in [2.45, 2.75) is 111 Å². The van der Waals surface area contributed by atoms with Crippen LogP contribution in [0, 0.1) is 33.5 Å². The Kier molecular flexibility index (Phi) is 25.7. The van der Waals surface area contributed by atoms with Gasteiger partial charge in [0.2, 0.25) is 0 Å². The van der Waals surface area contributed by atoms with Crippen LogP contribution in [0.4, 0.5) is 17.6 Å². The van der Waals surface area contributed by atoms with Crippen molar-refractivity contribution in [2.24, 2.45) is 20.0 Å². The lowest BCUT2D eigenvalue weighted by Gasteiger charge is -2.29. The van der Waals surface area contributed by atoms with E-state index in [-0.39, 0.29) is 29.1 Å². The number of halogens is 13. The number of benzene rings is 8. The van der Waals surface area contributed by atoms with Crippen molar-refractivity contribution in [1.29, 1.82) is 0 Å². The zero-order chi connectivity index (χ0) is 90.4. The van der Waals surface area contributed by atoms with E-state index in [1.807, 2.05) is 159 Å². The number of hydrogen-bond acceptors (Lipinski definition) is 13. The zero-order valence-electron chi connectivity index (χ0n) is 69.8. The van der Waals surface area contributed by atoms with Gasteiger partial charge >= 0.3 is 6.18 Å². The Morgan fingerprint density at radius 2 is 0.589 bits per heavy atom. The second-order valence-electron chi connectivity index (χ2n) is 31.6. The second-order valence-corrected chi connectivity index (χ2v) is 35.8. The largest absolute Gasteiger partial charge is 0.497 e. The van der Waals surface area contributed by atoms with Crippen LogP contribution >= 0.6 is 117 Å². The Labute approximate surface area is 763 Å². The molecule has 34 heteroatoms. The number of rotatable bonds is 13. The summed E-state index contributed by atoms with van der Waals surface area (Å²) in [5.41, 5.74) is 10.8. The van der Waals surface area contributed by atoms with Gasteiger partial charge in [0.25, 0.3) is 17.7 Å². The van der Waals surface area contributed by atoms with Crippen molar-refractivity contribution in [1.82, 2.24) is 58.7 Å². The fourth-order valence-corrected chi connectivity index (χ4v) is 16.3. The van der Waals surface area contributed by atoms with Crippen LogP contribution in [0.2, 0.25) is 45.2 Å². The van der Waals surface area contributed by atoms with Gasteiger partial charge in [0, 0.05) is 97.8 Å². The number of amidine groups is 4. The highest BCUT2D eigenvalue weighted by atomic mass is 35.5. The van der Waals surface area contributed by atoms with Crippen LogP contribution in [0.1, 0.15) is 106 Å². The molecule has 0 fully saturated rings. The van der Waals surface area contributed by atoms with E-state index in [1.165, 1.54) is 28.9 Å². The van der Waals surface area contributed by atoms with E-state index in [1.54, 1.807) is 122 Å². The molecule has 4 aromatic heterocycles. The molecule has 640 valence electrons. The summed E-state index contributed by atoms with van der Waals surface area (Å²) in [5.74, 6) is 1.80. The van der Waals surface area contributed by atoms with Gasteiger partial charge in [-0.1, -0.05) is 141 Å². The molecule has 8 heterocycles. The summed E-state index contributed by atoms with van der Waals surface area (Å²) in [6.07, 6.45) is -4.45. The Balaban J connectivity index is 0.000000142. The molecule has 0 saturated carbocycles. The lowest BCUT2D eigenvalue weighted by atomic mass is 10.0. The first kappa shape index (κ1) is 91.4. The molecule has 0 saturated heterocycles. The van der Waals surface area contributed by atoms with Gasteiger partial charge in [-0.2, -0.15) is 48.5 Å². The first-order valence-electron chi connectivity index (χ1n) is 38.2. The second kappa shape index (κ2) is 34.9. The van der Waals surface area contributed by atoms with Crippen molar-refractivity contribution in [3.63, 3.8) is 0 Å². The van der Waals surface area contributed by atoms with Crippen LogP contribution in [-0.4, -0.2) is 162 Å². The predicted molar refractivity (Wildman–Crippen MR) is 493 cm³/mol. The van der Waals surface area contributed by atoms with Gasteiger partial charge in [-0.15, -0.1) is 0 Å². The molecule has 0 bridgehead atoms. The number of aliphatic imine (C=N–C) groups is 4. The summed E-state index contributed by atoms with van der Waals surface area (Å²) in [5, 5.41) is 23.6. The van der Waals surface area contributed by atoms with Crippen LogP contribution in [0.25, 0.3) is 67.8 Å². The summed E-state index contributed by atoms with van der Waals surface area (Å²) in [7, 11) is 9.02. The molecular weight excluding hydrogens is 1800 g/mol. The molecule has 0 N–H and O–H groups in total. The van der Waals surface area contributed by atoms with Crippen LogP contribution in [0.15, 0.2) is 190 Å². The summed E-state index contributed by atoms with van der Waals surface area (Å²) in [6, 6.07) is 46.9. The van der Waals surface area contributed by atoms with Gasteiger partial charge < -0.3 is 24.3 Å². The number of alkyl halides is 3. The summed E-state index contributed by atoms with van der Waals surface area (Å²) >= 11 is 61.9. The van der Waals surface area contributed by atoms with Gasteiger partial charge in [0.05, 0.1) is 83.8 Å². The molecule has 0 aliphatic carbocycles. The maximum Gasteiger partial charge on any atom is 0.416 e. The van der Waals surface area contributed by atoms with E-state index >= 15 is 0 Å². The number of amides is 3. The van der Waals surface area contributed by atoms with E-state index in [0.717, 1.165) is 85.6 Å². The highest BCUT2D eigenvalue weighted by Gasteiger charge is 2.46. The number of carbonyl (C=O) groups excluding carboxylic acids is 3. The normalized spacial score (nSPS) is 15.6. The Hall–Kier alpha value is -10.3. The van der Waals surface area contributed by atoms with Crippen molar-refractivity contribution in [3.8, 4) is 73.5 Å². The third-order valence-corrected chi connectivity index (χ3v) is 25.5. The Morgan fingerprint density at radius 1 is 0.347 bits per heavy atom. The van der Waals surface area contributed by atoms with Crippen LogP contribution in [0.5, 0.6) is 5.75 Å². The lowest BCUT2D eigenvalue weighted by molar-refractivity contribution is -0.137. The minimum Gasteiger partial charge on any atom is -0.497 e. The number of aromatic nitrogens is 8. The molecule has 0 radical (unpaired) electrons. The molecule has 0 atom stereocenters. The van der Waals surface area contributed by atoms with E-state index in [9.17, 15) is 31.9 Å². The smallest absolute Gasteiger partial charge is 0.416 e. The molecule has 12 aromatic rings. The Morgan fingerprint density at radius 3 is 0.823 bits per heavy atom. The van der Waals surface area contributed by atoms with Gasteiger partial charge in [-0.3, -0.25) is 14.4 Å². The van der Waals surface area contributed by atoms with Crippen molar-refractivity contribution in [2.75, 3.05) is 35.3 Å². The maximum atomic E-state index is 13.5. The van der Waals surface area contributed by atoms with Gasteiger partial charge in [0.15, 0.2) is 23.3 Å². The number of nitrogens with zero attached hydrogens (tertiary/aromatic N) is 16. The molecular formula is C90H79Cl9F4N16O4S. The van der Waals surface area contributed by atoms with Crippen molar-refractivity contribution >= 4 is 163 Å². The van der Waals surface area contributed by atoms with Crippen molar-refractivity contribution in [3.05, 3.63) is 271 Å². The molecule has 0 spiro atoms. The minimum atomic E-state index is -4.45. The third-order valence-electron chi connectivity index (χ3n) is 22.5. The minimum absolute atomic E-state index is 0.200. The zero-order valence-corrected chi connectivity index (χ0v) is 77.4. The van der Waals surface area contributed by atoms with Crippen LogP contribution in [-0.2, 0) is 20.6 Å². The number of ether oxygens (including phenoxy) is 1. The van der Waals surface area contributed by atoms with E-state index in [4.69, 9.17) is 142 Å². The number of carbonyl (C=O) groups is 3. The standard InChI is InChI=1S/C23H19Cl2F3N4O.C23H22Cl2N4O2.C22H19Cl3N4S.C22H19Cl2FN4O/c1-12-18(20-29-21(33)22(2,3)31(20)4)30-32(17-10-9-15(24)11-16(17)25)19(12)13-5-7-14(8-6-13)23(26,27)28;1-13-19(21-26-22(30)23(2,3)28(21)4)27-29(18-11-8-15(24)12-17(18)25)20(13)14-6-9-16(31-5)10-7-14;1-12-18(20-26-21(30)22(2,3)28(20)4)27-29(17-10-9-15(24)11-16(17)25)19(12)13-5-7-14(23)8-6-13;1-12-18(20-26-21(30)22(2,3)28(20)4)27-29(17-10-7-14(23)11-16(17)24)19(12)13-5-8-15(25)9-6-13/h5-11H,1-4H3;6-12H,1-5H3;2*5-11H,1-4H3. The highest BCUT2D eigenvalue weighted by Crippen LogP contribution is 2.43. The molecule has 124 heavy (non-hydrogen) atoms. The average Bonchev–Trinajstić information content (AvgIpc) is 1.61. The molecule has 4 aliphatic heterocycles. The first-order valence-corrected chi connectivity index (χ1v) is 42.0. The average molecular weight is 1880 g/mol. The van der Waals surface area contributed by atoms with Crippen LogP contribution in [0.3, 0.4) is 0 Å². The number of methoxy groups -OCH3 is 1. The van der Waals surface area contributed by atoms with E-state index < -0.39 is 28.4 Å². The first-order chi connectivity index (χ1) is 58.2.